The van der Waals surface area contributed by atoms with Crippen molar-refractivity contribution in [2.45, 2.75) is 34.2 Å². The Hall–Kier alpha value is -2.89. The molecule has 0 radical (unpaired) electrons. The summed E-state index contributed by atoms with van der Waals surface area (Å²) in [5.41, 5.74) is 4.20. The van der Waals surface area contributed by atoms with Crippen molar-refractivity contribution in [3.05, 3.63) is 70.1 Å². The van der Waals surface area contributed by atoms with E-state index in [9.17, 15) is 9.18 Å². The van der Waals surface area contributed by atoms with Crippen LogP contribution in [0.2, 0.25) is 0 Å². The lowest BCUT2D eigenvalue weighted by Crippen LogP contribution is -2.27. The molecule has 5 nitrogen and oxygen atoms in total. The Morgan fingerprint density at radius 3 is 2.54 bits per heavy atom. The minimum Gasteiger partial charge on any atom is -0.361 e. The Morgan fingerprint density at radius 2 is 1.92 bits per heavy atom. The van der Waals surface area contributed by atoms with E-state index >= 15 is 0 Å². The van der Waals surface area contributed by atoms with Gasteiger partial charge >= 0.3 is 0 Å². The second-order valence-corrected chi connectivity index (χ2v) is 6.54. The summed E-state index contributed by atoms with van der Waals surface area (Å²) in [6.45, 7) is 7.79. The van der Waals surface area contributed by atoms with Crippen molar-refractivity contribution < 1.29 is 13.7 Å². The molecule has 0 aliphatic rings. The molecular weight excluding hydrogens is 333 g/mol. The maximum atomic E-state index is 14.2. The molecule has 2 heterocycles. The van der Waals surface area contributed by atoms with Gasteiger partial charge in [0.05, 0.1) is 23.5 Å². The zero-order valence-electron chi connectivity index (χ0n) is 15.6. The second-order valence-electron chi connectivity index (χ2n) is 6.54. The molecule has 3 rings (SSSR count). The van der Waals surface area contributed by atoms with Crippen molar-refractivity contribution in [1.29, 1.82) is 0 Å². The van der Waals surface area contributed by atoms with Gasteiger partial charge in [0.2, 0.25) is 0 Å². The van der Waals surface area contributed by atoms with Crippen LogP contribution < -0.4 is 0 Å². The third-order valence-electron chi connectivity index (χ3n) is 4.68. The topological polar surface area (TPSA) is 51.3 Å². The van der Waals surface area contributed by atoms with Gasteiger partial charge in [-0.25, -0.2) is 4.39 Å². The van der Waals surface area contributed by atoms with Gasteiger partial charge in [0.15, 0.2) is 0 Å². The third kappa shape index (κ3) is 3.03. The van der Waals surface area contributed by atoms with E-state index in [2.05, 4.69) is 5.16 Å². The molecule has 0 aliphatic carbocycles. The molecule has 0 atom stereocenters. The normalized spacial score (nSPS) is 11.0. The van der Waals surface area contributed by atoms with Gasteiger partial charge in [-0.15, -0.1) is 0 Å². The average Bonchev–Trinajstić information content (AvgIpc) is 3.08. The quantitative estimate of drug-likeness (QED) is 0.708. The standard InChI is InChI=1S/C20H22FN3O2/c1-12-10-16(14(3)24(12)19-9-7-6-8-18(19)21)20(25)23(5)11-17-13(2)22-26-15(17)4/h6-10H,11H2,1-5H3. The number of benzene rings is 1. The molecule has 0 unspecified atom stereocenters. The van der Waals surface area contributed by atoms with E-state index in [-0.39, 0.29) is 11.7 Å². The Balaban J connectivity index is 1.94. The first-order valence-corrected chi connectivity index (χ1v) is 8.42. The van der Waals surface area contributed by atoms with Gasteiger partial charge in [0.1, 0.15) is 11.6 Å². The Bertz CT molecular complexity index is 952. The van der Waals surface area contributed by atoms with Crippen LogP contribution >= 0.6 is 0 Å². The molecule has 0 aliphatic heterocycles. The lowest BCUT2D eigenvalue weighted by Gasteiger charge is -2.17. The molecular formula is C20H22FN3O2. The summed E-state index contributed by atoms with van der Waals surface area (Å²) in [5.74, 6) is 0.261. The van der Waals surface area contributed by atoms with Gasteiger partial charge in [-0.1, -0.05) is 17.3 Å². The molecule has 0 N–H and O–H groups in total. The number of hydrogen-bond donors (Lipinski definition) is 0. The highest BCUT2D eigenvalue weighted by Crippen LogP contribution is 2.24. The van der Waals surface area contributed by atoms with Crippen molar-refractivity contribution in [2.24, 2.45) is 0 Å². The van der Waals surface area contributed by atoms with Gasteiger partial charge in [-0.05, 0) is 45.9 Å². The SMILES string of the molecule is Cc1noc(C)c1CN(C)C(=O)c1cc(C)n(-c2ccccc2F)c1C. The number of rotatable bonds is 4. The van der Waals surface area contributed by atoms with E-state index < -0.39 is 0 Å². The number of carbonyl (C=O) groups is 1. The van der Waals surface area contributed by atoms with Crippen molar-refractivity contribution in [1.82, 2.24) is 14.6 Å². The summed E-state index contributed by atoms with van der Waals surface area (Å²) in [6, 6.07) is 8.35. The first-order chi connectivity index (χ1) is 12.3. The van der Waals surface area contributed by atoms with Gasteiger partial charge < -0.3 is 14.0 Å². The van der Waals surface area contributed by atoms with Crippen LogP contribution in [0.15, 0.2) is 34.9 Å². The summed E-state index contributed by atoms with van der Waals surface area (Å²) < 4.78 is 21.1. The molecule has 0 fully saturated rings. The predicted octanol–water partition coefficient (Wildman–Crippen LogP) is 4.11. The van der Waals surface area contributed by atoms with Crippen LogP contribution in [-0.4, -0.2) is 27.6 Å². The molecule has 0 saturated carbocycles. The van der Waals surface area contributed by atoms with Crippen molar-refractivity contribution >= 4 is 5.91 Å². The van der Waals surface area contributed by atoms with Crippen LogP contribution in [0.3, 0.4) is 0 Å². The maximum absolute atomic E-state index is 14.2. The highest BCUT2D eigenvalue weighted by molar-refractivity contribution is 5.95. The van der Waals surface area contributed by atoms with Gasteiger partial charge in [0.25, 0.3) is 5.91 Å². The number of halogens is 1. The number of aromatic nitrogens is 2. The van der Waals surface area contributed by atoms with Crippen LogP contribution in [0, 0.1) is 33.5 Å². The maximum Gasteiger partial charge on any atom is 0.255 e. The molecule has 3 aromatic rings. The lowest BCUT2D eigenvalue weighted by molar-refractivity contribution is 0.0784. The van der Waals surface area contributed by atoms with E-state index in [1.807, 2.05) is 27.7 Å². The zero-order valence-corrected chi connectivity index (χ0v) is 15.6. The Kier molecular flexibility index (Phi) is 4.68. The molecule has 136 valence electrons. The highest BCUT2D eigenvalue weighted by Gasteiger charge is 2.22. The van der Waals surface area contributed by atoms with Gasteiger partial charge in [-0.3, -0.25) is 4.79 Å². The molecule has 0 saturated heterocycles. The third-order valence-corrected chi connectivity index (χ3v) is 4.68. The second kappa shape index (κ2) is 6.78. The largest absolute Gasteiger partial charge is 0.361 e. The number of hydrogen-bond acceptors (Lipinski definition) is 3. The monoisotopic (exact) mass is 355 g/mol. The first-order valence-electron chi connectivity index (χ1n) is 8.42. The smallest absolute Gasteiger partial charge is 0.255 e. The van der Waals surface area contributed by atoms with E-state index in [4.69, 9.17) is 4.52 Å². The van der Waals surface area contributed by atoms with E-state index in [0.29, 0.717) is 29.2 Å². The summed E-state index contributed by atoms with van der Waals surface area (Å²) in [4.78, 5) is 14.6. The fraction of sp³-hybridized carbons (Fsp3) is 0.300. The molecule has 2 aromatic heterocycles. The molecule has 0 bridgehead atoms. The number of carbonyl (C=O) groups excluding carboxylic acids is 1. The Morgan fingerprint density at radius 1 is 1.23 bits per heavy atom. The van der Waals surface area contributed by atoms with Crippen molar-refractivity contribution in [3.8, 4) is 5.69 Å². The van der Waals surface area contributed by atoms with Crippen molar-refractivity contribution in [3.63, 3.8) is 0 Å². The molecule has 6 heteroatoms. The number of amides is 1. The minimum absolute atomic E-state index is 0.124. The van der Waals surface area contributed by atoms with E-state index in [1.54, 1.807) is 40.8 Å². The molecule has 1 amide bonds. The molecule has 1 aromatic carbocycles. The van der Waals surface area contributed by atoms with Crippen LogP contribution in [0.1, 0.15) is 38.8 Å². The number of para-hydroxylation sites is 1. The predicted molar refractivity (Wildman–Crippen MR) is 97.0 cm³/mol. The summed E-state index contributed by atoms with van der Waals surface area (Å²) in [5, 5.41) is 3.93. The van der Waals surface area contributed by atoms with Gasteiger partial charge in [0, 0.05) is 24.0 Å². The fourth-order valence-corrected chi connectivity index (χ4v) is 3.23. The van der Waals surface area contributed by atoms with Crippen LogP contribution in [0.5, 0.6) is 0 Å². The number of nitrogens with zero attached hydrogens (tertiary/aromatic N) is 3. The first kappa shape index (κ1) is 17.9. The number of aryl methyl sites for hydroxylation is 3. The van der Waals surface area contributed by atoms with E-state index in [1.165, 1.54) is 6.07 Å². The average molecular weight is 355 g/mol. The van der Waals surface area contributed by atoms with Crippen molar-refractivity contribution in [2.75, 3.05) is 7.05 Å². The van der Waals surface area contributed by atoms with E-state index in [0.717, 1.165) is 17.0 Å². The Labute approximate surface area is 152 Å². The lowest BCUT2D eigenvalue weighted by atomic mass is 10.1. The molecule has 0 spiro atoms. The van der Waals surface area contributed by atoms with Gasteiger partial charge in [-0.2, -0.15) is 0 Å². The van der Waals surface area contributed by atoms with Crippen LogP contribution in [-0.2, 0) is 6.54 Å². The van der Waals surface area contributed by atoms with Crippen LogP contribution in [0.4, 0.5) is 4.39 Å². The fourth-order valence-electron chi connectivity index (χ4n) is 3.23. The van der Waals surface area contributed by atoms with Crippen LogP contribution in [0.25, 0.3) is 5.69 Å². The highest BCUT2D eigenvalue weighted by atomic mass is 19.1. The summed E-state index contributed by atoms with van der Waals surface area (Å²) >= 11 is 0. The zero-order chi connectivity index (χ0) is 19.0. The summed E-state index contributed by atoms with van der Waals surface area (Å²) in [6.07, 6.45) is 0. The minimum atomic E-state index is -0.322. The molecule has 26 heavy (non-hydrogen) atoms. The summed E-state index contributed by atoms with van der Waals surface area (Å²) in [7, 11) is 1.74.